The fraction of sp³-hybridized carbons (Fsp3) is 0. The fourth-order valence-corrected chi connectivity index (χ4v) is 3.27. The van der Waals surface area contributed by atoms with Crippen LogP contribution in [-0.2, 0) is 0 Å². The molecule has 0 spiro atoms. The molecule has 0 aliphatic heterocycles. The first kappa shape index (κ1) is 16.3. The molecular weight excluding hydrogens is 348 g/mol. The van der Waals surface area contributed by atoms with Gasteiger partial charge < -0.3 is 9.52 Å². The number of rotatable bonds is 3. The van der Waals surface area contributed by atoms with E-state index in [4.69, 9.17) is 9.40 Å². The van der Waals surface area contributed by atoms with Crippen LogP contribution in [0.5, 0.6) is 5.75 Å². The Hall–Kier alpha value is -3.92. The van der Waals surface area contributed by atoms with Crippen LogP contribution in [0.3, 0.4) is 0 Å². The normalized spacial score (nSPS) is 11.0. The Kier molecular flexibility index (Phi) is 3.87. The first-order valence-corrected chi connectivity index (χ1v) is 8.99. The molecule has 2 aromatic heterocycles. The number of hydrogen-bond acceptors (Lipinski definition) is 4. The highest BCUT2D eigenvalue weighted by atomic mass is 16.4. The van der Waals surface area contributed by atoms with Crippen LogP contribution in [0.25, 0.3) is 44.9 Å². The van der Waals surface area contributed by atoms with Gasteiger partial charge in [0.1, 0.15) is 5.75 Å². The molecule has 0 aliphatic carbocycles. The van der Waals surface area contributed by atoms with E-state index in [0.717, 1.165) is 33.3 Å². The van der Waals surface area contributed by atoms with Gasteiger partial charge >= 0.3 is 0 Å². The lowest BCUT2D eigenvalue weighted by Gasteiger charge is -2.07. The molecule has 4 heteroatoms. The third-order valence-electron chi connectivity index (χ3n) is 4.67. The Labute approximate surface area is 161 Å². The Morgan fingerprint density at radius 2 is 1.50 bits per heavy atom. The number of oxazole rings is 1. The third-order valence-corrected chi connectivity index (χ3v) is 4.67. The predicted molar refractivity (Wildman–Crippen MR) is 110 cm³/mol. The van der Waals surface area contributed by atoms with Crippen LogP contribution in [0, 0.1) is 0 Å². The van der Waals surface area contributed by atoms with Crippen molar-refractivity contribution in [1.82, 2.24) is 9.97 Å². The number of para-hydroxylation sites is 1. The summed E-state index contributed by atoms with van der Waals surface area (Å²) in [5, 5.41) is 10.5. The number of aromatic hydroxyl groups is 1. The van der Waals surface area contributed by atoms with Gasteiger partial charge in [-0.2, -0.15) is 0 Å². The van der Waals surface area contributed by atoms with Crippen LogP contribution in [0.4, 0.5) is 0 Å². The van der Waals surface area contributed by atoms with Crippen molar-refractivity contribution in [2.45, 2.75) is 0 Å². The van der Waals surface area contributed by atoms with Gasteiger partial charge in [-0.25, -0.2) is 9.97 Å². The smallest absolute Gasteiger partial charge is 0.227 e. The number of phenolic OH excluding ortho intramolecular Hbond substituents is 1. The molecule has 5 rings (SSSR count). The number of hydrogen-bond donors (Lipinski definition) is 1. The summed E-state index contributed by atoms with van der Waals surface area (Å²) in [6, 6.07) is 26.9. The van der Waals surface area contributed by atoms with Crippen LogP contribution >= 0.6 is 0 Å². The highest BCUT2D eigenvalue weighted by Gasteiger charge is 2.14. The van der Waals surface area contributed by atoms with Crippen molar-refractivity contribution in [3.63, 3.8) is 0 Å². The van der Waals surface area contributed by atoms with Crippen molar-refractivity contribution in [2.24, 2.45) is 0 Å². The molecule has 0 amide bonds. The molecule has 0 saturated carbocycles. The van der Waals surface area contributed by atoms with Crippen LogP contribution in [0.2, 0.25) is 0 Å². The molecule has 1 N–H and O–H groups in total. The largest absolute Gasteiger partial charge is 0.508 e. The SMILES string of the molecule is Oc1ccc(-c2cnc(-c3cc(-c4ccccc4)nc4ccccc34)o2)cc1. The zero-order valence-electron chi connectivity index (χ0n) is 14.9. The maximum absolute atomic E-state index is 9.49. The second-order valence-electron chi connectivity index (χ2n) is 6.51. The van der Waals surface area contributed by atoms with Gasteiger partial charge in [-0.1, -0.05) is 48.5 Å². The van der Waals surface area contributed by atoms with Crippen molar-refractivity contribution in [3.05, 3.63) is 91.1 Å². The van der Waals surface area contributed by atoms with Crippen LogP contribution in [0.1, 0.15) is 0 Å². The summed E-state index contributed by atoms with van der Waals surface area (Å²) < 4.78 is 6.07. The van der Waals surface area contributed by atoms with E-state index in [1.54, 1.807) is 30.5 Å². The molecule has 0 fully saturated rings. The number of nitrogens with zero attached hydrogens (tertiary/aromatic N) is 2. The van der Waals surface area contributed by atoms with Crippen LogP contribution < -0.4 is 0 Å². The zero-order chi connectivity index (χ0) is 18.9. The molecule has 0 bridgehead atoms. The second kappa shape index (κ2) is 6.67. The van der Waals surface area contributed by atoms with E-state index in [1.807, 2.05) is 60.7 Å². The van der Waals surface area contributed by atoms with Gasteiger partial charge in [0.15, 0.2) is 5.76 Å². The van der Waals surface area contributed by atoms with E-state index >= 15 is 0 Å². The molecular formula is C24H16N2O2. The molecule has 3 aromatic carbocycles. The molecule has 28 heavy (non-hydrogen) atoms. The maximum atomic E-state index is 9.49. The van der Waals surface area contributed by atoms with Gasteiger partial charge in [0.2, 0.25) is 5.89 Å². The summed E-state index contributed by atoms with van der Waals surface area (Å²) in [5.74, 6) is 1.41. The summed E-state index contributed by atoms with van der Waals surface area (Å²) in [6.07, 6.45) is 1.71. The second-order valence-corrected chi connectivity index (χ2v) is 6.51. The quantitative estimate of drug-likeness (QED) is 0.431. The summed E-state index contributed by atoms with van der Waals surface area (Å²) in [6.45, 7) is 0. The molecule has 2 heterocycles. The Balaban J connectivity index is 1.67. The summed E-state index contributed by atoms with van der Waals surface area (Å²) in [7, 11) is 0. The average molecular weight is 364 g/mol. The molecule has 0 aliphatic rings. The van der Waals surface area contributed by atoms with E-state index in [0.29, 0.717) is 11.7 Å². The predicted octanol–water partition coefficient (Wildman–Crippen LogP) is 5.93. The highest BCUT2D eigenvalue weighted by Crippen LogP contribution is 2.33. The standard InChI is InChI=1S/C24H16N2O2/c27-18-12-10-17(11-13-18)23-15-25-24(28-23)20-14-22(16-6-2-1-3-7-16)26-21-9-5-4-8-19(20)21/h1-15,27H. The Bertz CT molecular complexity index is 1260. The Morgan fingerprint density at radius 3 is 2.32 bits per heavy atom. The zero-order valence-corrected chi connectivity index (χ0v) is 14.9. The summed E-state index contributed by atoms with van der Waals surface area (Å²) in [5.41, 5.74) is 4.56. The highest BCUT2D eigenvalue weighted by molar-refractivity contribution is 5.94. The summed E-state index contributed by atoms with van der Waals surface area (Å²) in [4.78, 5) is 9.32. The number of fused-ring (bicyclic) bond motifs is 1. The lowest BCUT2D eigenvalue weighted by Crippen LogP contribution is -1.89. The number of benzene rings is 3. The minimum Gasteiger partial charge on any atom is -0.508 e. The van der Waals surface area contributed by atoms with Gasteiger partial charge in [-0.3, -0.25) is 0 Å². The van der Waals surface area contributed by atoms with Crippen molar-refractivity contribution in [1.29, 1.82) is 0 Å². The van der Waals surface area contributed by atoms with E-state index < -0.39 is 0 Å². The number of aromatic nitrogens is 2. The van der Waals surface area contributed by atoms with Gasteiger partial charge in [0.05, 0.1) is 17.4 Å². The maximum Gasteiger partial charge on any atom is 0.227 e. The first-order chi connectivity index (χ1) is 13.8. The van der Waals surface area contributed by atoms with Crippen molar-refractivity contribution in [2.75, 3.05) is 0 Å². The lowest BCUT2D eigenvalue weighted by molar-refractivity contribution is 0.475. The molecule has 4 nitrogen and oxygen atoms in total. The van der Waals surface area contributed by atoms with Crippen molar-refractivity contribution < 1.29 is 9.52 Å². The van der Waals surface area contributed by atoms with Gasteiger partial charge in [0, 0.05) is 22.1 Å². The molecule has 0 radical (unpaired) electrons. The molecule has 134 valence electrons. The molecule has 5 aromatic rings. The first-order valence-electron chi connectivity index (χ1n) is 8.99. The Morgan fingerprint density at radius 1 is 0.750 bits per heavy atom. The van der Waals surface area contributed by atoms with Crippen molar-refractivity contribution in [3.8, 4) is 39.8 Å². The lowest BCUT2D eigenvalue weighted by atomic mass is 10.0. The topological polar surface area (TPSA) is 59.2 Å². The van der Waals surface area contributed by atoms with Gasteiger partial charge in [-0.05, 0) is 36.4 Å². The molecule has 0 saturated heterocycles. The van der Waals surface area contributed by atoms with E-state index in [-0.39, 0.29) is 5.75 Å². The van der Waals surface area contributed by atoms with Gasteiger partial charge in [-0.15, -0.1) is 0 Å². The minimum atomic E-state index is 0.219. The molecule has 0 atom stereocenters. The molecule has 0 unspecified atom stereocenters. The van der Waals surface area contributed by atoms with Crippen LogP contribution in [-0.4, -0.2) is 15.1 Å². The average Bonchev–Trinajstić information content (AvgIpc) is 3.24. The third kappa shape index (κ3) is 2.91. The number of phenols is 1. The van der Waals surface area contributed by atoms with Gasteiger partial charge in [0.25, 0.3) is 0 Å². The van der Waals surface area contributed by atoms with E-state index in [2.05, 4.69) is 4.98 Å². The summed E-state index contributed by atoms with van der Waals surface area (Å²) >= 11 is 0. The fourth-order valence-electron chi connectivity index (χ4n) is 3.27. The monoisotopic (exact) mass is 364 g/mol. The van der Waals surface area contributed by atoms with E-state index in [9.17, 15) is 5.11 Å². The van der Waals surface area contributed by atoms with Crippen LogP contribution in [0.15, 0.2) is 95.5 Å². The van der Waals surface area contributed by atoms with Crippen molar-refractivity contribution >= 4 is 10.9 Å². The number of pyridine rings is 1. The minimum absolute atomic E-state index is 0.219. The van der Waals surface area contributed by atoms with E-state index in [1.165, 1.54) is 0 Å².